The number of nitrogens with two attached hydrogens (primary N) is 1. The standard InChI is InChI=1S/C11H18N4O2/c12-7-3-1-2-4-9-14-10(15-17-9)11(16)13-8-5-6-8/h8H,1-7,12H2,(H,13,16). The molecule has 17 heavy (non-hydrogen) atoms. The van der Waals surface area contributed by atoms with E-state index in [-0.39, 0.29) is 11.7 Å². The van der Waals surface area contributed by atoms with Gasteiger partial charge in [0.25, 0.3) is 11.7 Å². The summed E-state index contributed by atoms with van der Waals surface area (Å²) in [6.45, 7) is 0.707. The molecular formula is C11H18N4O2. The molecule has 0 aliphatic heterocycles. The normalized spacial score (nSPS) is 14.9. The molecule has 1 heterocycles. The van der Waals surface area contributed by atoms with Crippen LogP contribution in [0.3, 0.4) is 0 Å². The van der Waals surface area contributed by atoms with E-state index in [0.717, 1.165) is 32.1 Å². The Hall–Kier alpha value is -1.43. The molecule has 0 bridgehead atoms. The van der Waals surface area contributed by atoms with Gasteiger partial charge in [0.15, 0.2) is 0 Å². The Bertz CT molecular complexity index is 373. The van der Waals surface area contributed by atoms with E-state index in [4.69, 9.17) is 10.3 Å². The highest BCUT2D eigenvalue weighted by atomic mass is 16.5. The first-order chi connectivity index (χ1) is 8.29. The molecule has 3 N–H and O–H groups in total. The topological polar surface area (TPSA) is 94.0 Å². The molecule has 1 aromatic heterocycles. The van der Waals surface area contributed by atoms with E-state index in [2.05, 4.69) is 15.5 Å². The van der Waals surface area contributed by atoms with Crippen molar-refractivity contribution in [1.82, 2.24) is 15.5 Å². The number of rotatable bonds is 7. The average Bonchev–Trinajstić information content (AvgIpc) is 3.00. The Kier molecular flexibility index (Phi) is 4.08. The molecule has 6 heteroatoms. The molecule has 1 aliphatic rings. The molecule has 0 saturated heterocycles. The predicted molar refractivity (Wildman–Crippen MR) is 61.4 cm³/mol. The quantitative estimate of drug-likeness (QED) is 0.679. The Morgan fingerprint density at radius 1 is 1.41 bits per heavy atom. The van der Waals surface area contributed by atoms with Crippen molar-refractivity contribution in [2.75, 3.05) is 6.54 Å². The van der Waals surface area contributed by atoms with E-state index in [0.29, 0.717) is 24.9 Å². The third-order valence-electron chi connectivity index (χ3n) is 2.68. The van der Waals surface area contributed by atoms with Gasteiger partial charge in [0.05, 0.1) is 0 Å². The van der Waals surface area contributed by atoms with E-state index >= 15 is 0 Å². The third-order valence-corrected chi connectivity index (χ3v) is 2.68. The Morgan fingerprint density at radius 2 is 2.24 bits per heavy atom. The lowest BCUT2D eigenvalue weighted by Gasteiger charge is -1.96. The Balaban J connectivity index is 1.76. The minimum atomic E-state index is -0.232. The summed E-state index contributed by atoms with van der Waals surface area (Å²) >= 11 is 0. The molecule has 0 unspecified atom stereocenters. The van der Waals surface area contributed by atoms with Gasteiger partial charge in [-0.3, -0.25) is 4.79 Å². The zero-order chi connectivity index (χ0) is 12.1. The molecule has 0 radical (unpaired) electrons. The second kappa shape index (κ2) is 5.77. The number of nitrogens with zero attached hydrogens (tertiary/aromatic N) is 2. The molecule has 1 amide bonds. The first-order valence-electron chi connectivity index (χ1n) is 6.13. The van der Waals surface area contributed by atoms with Crippen LogP contribution in [-0.2, 0) is 6.42 Å². The fraction of sp³-hybridized carbons (Fsp3) is 0.727. The number of carbonyl (C=O) groups excluding carboxylic acids is 1. The van der Waals surface area contributed by atoms with Gasteiger partial charge in [0.2, 0.25) is 5.89 Å². The van der Waals surface area contributed by atoms with Crippen LogP contribution in [0.4, 0.5) is 0 Å². The average molecular weight is 238 g/mol. The largest absolute Gasteiger partial charge is 0.346 e. The zero-order valence-corrected chi connectivity index (χ0v) is 9.82. The van der Waals surface area contributed by atoms with Crippen LogP contribution in [0.15, 0.2) is 4.52 Å². The van der Waals surface area contributed by atoms with Gasteiger partial charge in [-0.15, -0.1) is 0 Å². The second-order valence-corrected chi connectivity index (χ2v) is 4.36. The molecule has 1 fully saturated rings. The van der Waals surface area contributed by atoms with Gasteiger partial charge in [-0.1, -0.05) is 11.6 Å². The smallest absolute Gasteiger partial charge is 0.292 e. The lowest BCUT2D eigenvalue weighted by Crippen LogP contribution is -2.26. The van der Waals surface area contributed by atoms with E-state index in [1.165, 1.54) is 0 Å². The van der Waals surface area contributed by atoms with E-state index < -0.39 is 0 Å². The van der Waals surface area contributed by atoms with Gasteiger partial charge < -0.3 is 15.6 Å². The van der Waals surface area contributed by atoms with Crippen molar-refractivity contribution in [2.24, 2.45) is 5.73 Å². The zero-order valence-electron chi connectivity index (χ0n) is 9.82. The summed E-state index contributed by atoms with van der Waals surface area (Å²) in [5.74, 6) is 0.443. The van der Waals surface area contributed by atoms with Crippen LogP contribution in [0.1, 0.15) is 48.6 Å². The van der Waals surface area contributed by atoms with Crippen molar-refractivity contribution in [2.45, 2.75) is 44.6 Å². The van der Waals surface area contributed by atoms with Gasteiger partial charge in [-0.25, -0.2) is 0 Å². The minimum Gasteiger partial charge on any atom is -0.346 e. The molecule has 0 spiro atoms. The SMILES string of the molecule is NCCCCCc1nc(C(=O)NC2CC2)no1. The fourth-order valence-electron chi connectivity index (χ4n) is 1.52. The Morgan fingerprint density at radius 3 is 2.94 bits per heavy atom. The summed E-state index contributed by atoms with van der Waals surface area (Å²) in [5.41, 5.74) is 5.40. The third kappa shape index (κ3) is 3.81. The number of carbonyl (C=O) groups is 1. The highest BCUT2D eigenvalue weighted by Gasteiger charge is 2.25. The lowest BCUT2D eigenvalue weighted by atomic mass is 10.2. The van der Waals surface area contributed by atoms with Crippen molar-refractivity contribution in [1.29, 1.82) is 0 Å². The lowest BCUT2D eigenvalue weighted by molar-refractivity contribution is 0.0937. The maximum atomic E-state index is 11.6. The predicted octanol–water partition coefficient (Wildman–Crippen LogP) is 0.633. The molecule has 0 atom stereocenters. The molecular weight excluding hydrogens is 220 g/mol. The number of hydrogen-bond acceptors (Lipinski definition) is 5. The first-order valence-corrected chi connectivity index (χ1v) is 6.13. The number of aryl methyl sites for hydroxylation is 1. The molecule has 2 rings (SSSR count). The molecule has 0 aromatic carbocycles. The summed E-state index contributed by atoms with van der Waals surface area (Å²) in [6, 6.07) is 0.314. The van der Waals surface area contributed by atoms with Crippen LogP contribution >= 0.6 is 0 Å². The van der Waals surface area contributed by atoms with Crippen LogP contribution in [-0.4, -0.2) is 28.6 Å². The number of nitrogens with one attached hydrogen (secondary N) is 1. The summed E-state index contributed by atoms with van der Waals surface area (Å²) < 4.78 is 5.01. The van der Waals surface area contributed by atoms with Gasteiger partial charge in [-0.05, 0) is 32.2 Å². The van der Waals surface area contributed by atoms with Crippen molar-refractivity contribution >= 4 is 5.91 Å². The highest BCUT2D eigenvalue weighted by Crippen LogP contribution is 2.18. The van der Waals surface area contributed by atoms with Crippen molar-refractivity contribution in [3.05, 3.63) is 11.7 Å². The number of amides is 1. The minimum absolute atomic E-state index is 0.144. The van der Waals surface area contributed by atoms with Crippen LogP contribution < -0.4 is 11.1 Å². The maximum absolute atomic E-state index is 11.6. The monoisotopic (exact) mass is 238 g/mol. The number of hydrogen-bond donors (Lipinski definition) is 2. The van der Waals surface area contributed by atoms with Gasteiger partial charge in [0, 0.05) is 12.5 Å². The van der Waals surface area contributed by atoms with E-state index in [1.807, 2.05) is 0 Å². The van der Waals surface area contributed by atoms with E-state index in [1.54, 1.807) is 0 Å². The van der Waals surface area contributed by atoms with Crippen LogP contribution in [0, 0.1) is 0 Å². The molecule has 6 nitrogen and oxygen atoms in total. The molecule has 1 saturated carbocycles. The van der Waals surface area contributed by atoms with Crippen molar-refractivity contribution < 1.29 is 9.32 Å². The number of unbranched alkanes of at least 4 members (excludes halogenated alkanes) is 2. The van der Waals surface area contributed by atoms with Crippen molar-refractivity contribution in [3.8, 4) is 0 Å². The molecule has 1 aliphatic carbocycles. The van der Waals surface area contributed by atoms with Crippen LogP contribution in [0.5, 0.6) is 0 Å². The van der Waals surface area contributed by atoms with Gasteiger partial charge >= 0.3 is 0 Å². The molecule has 1 aromatic rings. The van der Waals surface area contributed by atoms with Crippen LogP contribution in [0.25, 0.3) is 0 Å². The first kappa shape index (κ1) is 12.0. The van der Waals surface area contributed by atoms with Gasteiger partial charge in [0.1, 0.15) is 0 Å². The van der Waals surface area contributed by atoms with Gasteiger partial charge in [-0.2, -0.15) is 4.98 Å². The second-order valence-electron chi connectivity index (χ2n) is 4.36. The molecule has 94 valence electrons. The summed E-state index contributed by atoms with van der Waals surface area (Å²) in [5, 5.41) is 6.49. The highest BCUT2D eigenvalue weighted by molar-refractivity contribution is 5.90. The maximum Gasteiger partial charge on any atom is 0.292 e. The summed E-state index contributed by atoms with van der Waals surface area (Å²) in [4.78, 5) is 15.6. The summed E-state index contributed by atoms with van der Waals surface area (Å²) in [7, 11) is 0. The summed E-state index contributed by atoms with van der Waals surface area (Å²) in [6.07, 6.45) is 5.82. The van der Waals surface area contributed by atoms with Crippen molar-refractivity contribution in [3.63, 3.8) is 0 Å². The Labute approximate surface area is 99.9 Å². The fourth-order valence-corrected chi connectivity index (χ4v) is 1.52. The van der Waals surface area contributed by atoms with Crippen LogP contribution in [0.2, 0.25) is 0 Å². The van der Waals surface area contributed by atoms with E-state index in [9.17, 15) is 4.79 Å². The number of aromatic nitrogens is 2.